The third-order valence-electron chi connectivity index (χ3n) is 3.98. The molecule has 2 aromatic rings. The first-order valence-corrected chi connectivity index (χ1v) is 10.4. The van der Waals surface area contributed by atoms with Crippen LogP contribution in [-0.4, -0.2) is 55.7 Å². The fourth-order valence-electron chi connectivity index (χ4n) is 2.69. The fourth-order valence-corrected chi connectivity index (χ4v) is 4.55. The van der Waals surface area contributed by atoms with Gasteiger partial charge in [-0.25, -0.2) is 8.42 Å². The van der Waals surface area contributed by atoms with Crippen molar-refractivity contribution in [1.29, 1.82) is 0 Å². The van der Waals surface area contributed by atoms with Crippen molar-refractivity contribution in [3.05, 3.63) is 35.2 Å². The lowest BCUT2D eigenvalue weighted by Gasteiger charge is -2.15. The summed E-state index contributed by atoms with van der Waals surface area (Å²) in [7, 11) is -1.29. The zero-order valence-corrected chi connectivity index (χ0v) is 18.6. The van der Waals surface area contributed by atoms with Crippen molar-refractivity contribution in [2.24, 2.45) is 4.99 Å². The van der Waals surface area contributed by atoms with Crippen molar-refractivity contribution in [1.82, 2.24) is 20.8 Å². The number of hydrogen-bond acceptors (Lipinski definition) is 6. The van der Waals surface area contributed by atoms with Gasteiger partial charge in [-0.1, -0.05) is 28.9 Å². The largest absolute Gasteiger partial charge is 0.356 e. The Morgan fingerprint density at radius 2 is 2.26 bits per heavy atom. The van der Waals surface area contributed by atoms with Crippen molar-refractivity contribution in [3.8, 4) is 11.4 Å². The molecular weight excluding hydrogens is 505 g/mol. The number of guanidine groups is 1. The molecule has 0 amide bonds. The quantitative estimate of drug-likeness (QED) is 0.349. The van der Waals surface area contributed by atoms with Crippen molar-refractivity contribution >= 4 is 51.4 Å². The summed E-state index contributed by atoms with van der Waals surface area (Å²) in [6.07, 6.45) is 1.10. The Morgan fingerprint density at radius 3 is 2.93 bits per heavy atom. The Bertz CT molecular complexity index is 903. The zero-order chi connectivity index (χ0) is 18.6. The highest BCUT2D eigenvalue weighted by molar-refractivity contribution is 14.0. The van der Waals surface area contributed by atoms with Gasteiger partial charge in [-0.2, -0.15) is 4.98 Å². The van der Waals surface area contributed by atoms with Gasteiger partial charge >= 0.3 is 0 Å². The molecule has 1 aliphatic rings. The van der Waals surface area contributed by atoms with E-state index in [9.17, 15) is 8.42 Å². The summed E-state index contributed by atoms with van der Waals surface area (Å²) in [5.41, 5.74) is 0.792. The Hall–Kier alpha value is -1.40. The van der Waals surface area contributed by atoms with Crippen molar-refractivity contribution < 1.29 is 12.9 Å². The molecule has 0 bridgehead atoms. The first kappa shape index (κ1) is 21.9. The fraction of sp³-hybridized carbons (Fsp3) is 0.438. The third-order valence-corrected chi connectivity index (χ3v) is 5.98. The molecule has 1 unspecified atom stereocenters. The van der Waals surface area contributed by atoms with Gasteiger partial charge in [0, 0.05) is 36.6 Å². The molecule has 1 saturated heterocycles. The molecular formula is C16H21ClIN5O3S. The summed E-state index contributed by atoms with van der Waals surface area (Å²) < 4.78 is 28.3. The van der Waals surface area contributed by atoms with Crippen molar-refractivity contribution in [2.75, 3.05) is 25.1 Å². The highest BCUT2D eigenvalue weighted by atomic mass is 127. The van der Waals surface area contributed by atoms with E-state index in [0.29, 0.717) is 42.1 Å². The lowest BCUT2D eigenvalue weighted by atomic mass is 10.2. The molecule has 8 nitrogen and oxygen atoms in total. The maximum atomic E-state index is 11.5. The van der Waals surface area contributed by atoms with E-state index in [-0.39, 0.29) is 41.5 Å². The van der Waals surface area contributed by atoms with Gasteiger partial charge in [-0.15, -0.1) is 24.0 Å². The van der Waals surface area contributed by atoms with Gasteiger partial charge < -0.3 is 15.2 Å². The monoisotopic (exact) mass is 525 g/mol. The molecule has 148 valence electrons. The van der Waals surface area contributed by atoms with Gasteiger partial charge in [0.15, 0.2) is 15.8 Å². The number of sulfone groups is 1. The van der Waals surface area contributed by atoms with Crippen molar-refractivity contribution in [2.45, 2.75) is 18.9 Å². The van der Waals surface area contributed by atoms with Crippen LogP contribution < -0.4 is 10.6 Å². The lowest BCUT2D eigenvalue weighted by molar-refractivity contribution is 0.378. The number of nitrogens with zero attached hydrogens (tertiary/aromatic N) is 3. The van der Waals surface area contributed by atoms with E-state index in [1.165, 1.54) is 0 Å². The molecule has 1 aliphatic heterocycles. The minimum atomic E-state index is -2.93. The number of aliphatic imine (C=N–C) groups is 1. The van der Waals surface area contributed by atoms with E-state index in [4.69, 9.17) is 16.1 Å². The van der Waals surface area contributed by atoms with Gasteiger partial charge in [0.25, 0.3) is 0 Å². The number of rotatable bonds is 5. The van der Waals surface area contributed by atoms with Crippen LogP contribution in [0.25, 0.3) is 11.4 Å². The molecule has 1 aromatic heterocycles. The van der Waals surface area contributed by atoms with E-state index < -0.39 is 9.84 Å². The van der Waals surface area contributed by atoms with Gasteiger partial charge in [0.1, 0.15) is 0 Å². The molecule has 0 spiro atoms. The molecule has 1 atom stereocenters. The highest BCUT2D eigenvalue weighted by Crippen LogP contribution is 2.19. The van der Waals surface area contributed by atoms with E-state index in [0.717, 1.165) is 5.56 Å². The smallest absolute Gasteiger partial charge is 0.228 e. The second kappa shape index (κ2) is 9.69. The molecule has 1 fully saturated rings. The predicted octanol–water partition coefficient (Wildman–Crippen LogP) is 1.90. The lowest BCUT2D eigenvalue weighted by Crippen LogP contribution is -2.44. The Kier molecular flexibility index (Phi) is 7.86. The summed E-state index contributed by atoms with van der Waals surface area (Å²) in [5.74, 6) is 1.89. The maximum absolute atomic E-state index is 11.5. The number of hydrogen-bond donors (Lipinski definition) is 2. The highest BCUT2D eigenvalue weighted by Gasteiger charge is 2.28. The van der Waals surface area contributed by atoms with Crippen LogP contribution in [0.3, 0.4) is 0 Å². The molecule has 2 N–H and O–H groups in total. The summed E-state index contributed by atoms with van der Waals surface area (Å²) in [6.45, 7) is 0.524. The predicted molar refractivity (Wildman–Crippen MR) is 115 cm³/mol. The zero-order valence-electron chi connectivity index (χ0n) is 14.7. The first-order chi connectivity index (χ1) is 12.4. The summed E-state index contributed by atoms with van der Waals surface area (Å²) in [6, 6.07) is 7.14. The maximum Gasteiger partial charge on any atom is 0.228 e. The summed E-state index contributed by atoms with van der Waals surface area (Å²) in [5, 5.41) is 10.8. The Labute approximate surface area is 180 Å². The van der Waals surface area contributed by atoms with Crippen LogP contribution in [0.2, 0.25) is 5.02 Å². The average Bonchev–Trinajstić information content (AvgIpc) is 3.20. The van der Waals surface area contributed by atoms with E-state index in [2.05, 4.69) is 25.8 Å². The second-order valence-corrected chi connectivity index (χ2v) is 8.68. The minimum absolute atomic E-state index is 0. The van der Waals surface area contributed by atoms with Crippen LogP contribution >= 0.6 is 35.6 Å². The number of halogens is 2. The third kappa shape index (κ3) is 6.32. The molecule has 27 heavy (non-hydrogen) atoms. The van der Waals surface area contributed by atoms with Gasteiger partial charge in [-0.3, -0.25) is 4.99 Å². The molecule has 0 saturated carbocycles. The standard InChI is InChI=1S/C16H20ClN5O3S.HI/c1-18-16(20-13-6-8-26(23,24)10-13)19-7-5-14-21-15(22-25-14)11-3-2-4-12(17)9-11;/h2-4,9,13H,5-8,10H2,1H3,(H2,18,19,20);1H. The number of aromatic nitrogens is 2. The summed E-state index contributed by atoms with van der Waals surface area (Å²) >= 11 is 5.97. The van der Waals surface area contributed by atoms with Crippen LogP contribution in [0.1, 0.15) is 12.3 Å². The van der Waals surface area contributed by atoms with Crippen LogP contribution in [0, 0.1) is 0 Å². The van der Waals surface area contributed by atoms with Crippen LogP contribution in [-0.2, 0) is 16.3 Å². The van der Waals surface area contributed by atoms with Crippen molar-refractivity contribution in [3.63, 3.8) is 0 Å². The SMILES string of the molecule is CN=C(NCCc1nc(-c2cccc(Cl)c2)no1)NC1CCS(=O)(=O)C1.I. The number of benzene rings is 1. The molecule has 0 aliphatic carbocycles. The van der Waals surface area contributed by atoms with Crippen LogP contribution in [0.5, 0.6) is 0 Å². The normalized spacial score (nSPS) is 18.7. The van der Waals surface area contributed by atoms with E-state index >= 15 is 0 Å². The van der Waals surface area contributed by atoms with E-state index in [1.807, 2.05) is 12.1 Å². The minimum Gasteiger partial charge on any atom is -0.356 e. The molecule has 0 radical (unpaired) electrons. The molecule has 1 aromatic carbocycles. The second-order valence-electron chi connectivity index (χ2n) is 6.02. The average molecular weight is 526 g/mol. The topological polar surface area (TPSA) is 109 Å². The molecule has 11 heteroatoms. The Balaban J connectivity index is 0.00000261. The first-order valence-electron chi connectivity index (χ1n) is 8.21. The Morgan fingerprint density at radius 1 is 1.44 bits per heavy atom. The van der Waals surface area contributed by atoms with Gasteiger partial charge in [0.2, 0.25) is 11.7 Å². The summed E-state index contributed by atoms with van der Waals surface area (Å²) in [4.78, 5) is 8.46. The van der Waals surface area contributed by atoms with Gasteiger partial charge in [-0.05, 0) is 18.6 Å². The van der Waals surface area contributed by atoms with E-state index in [1.54, 1.807) is 19.2 Å². The molecule has 3 rings (SSSR count). The van der Waals surface area contributed by atoms with Crippen LogP contribution in [0.4, 0.5) is 0 Å². The van der Waals surface area contributed by atoms with Crippen LogP contribution in [0.15, 0.2) is 33.8 Å². The number of nitrogens with one attached hydrogen (secondary N) is 2. The molecule has 2 heterocycles. The van der Waals surface area contributed by atoms with Gasteiger partial charge in [0.05, 0.1) is 11.5 Å².